The monoisotopic (exact) mass is 242 g/mol. The number of aromatic nitrogens is 3. The van der Waals surface area contributed by atoms with Crippen molar-refractivity contribution < 1.29 is 0 Å². The van der Waals surface area contributed by atoms with Crippen molar-refractivity contribution in [3.8, 4) is 5.82 Å². The van der Waals surface area contributed by atoms with Crippen LogP contribution in [-0.2, 0) is 13.0 Å². The third kappa shape index (κ3) is 2.43. The van der Waals surface area contributed by atoms with Crippen molar-refractivity contribution in [2.24, 2.45) is 0 Å². The number of hydrogen-bond acceptors (Lipinski definition) is 3. The number of aryl methyl sites for hydroxylation is 1. The Balaban J connectivity index is 1.80. The molecule has 1 N–H and O–H groups in total. The van der Waals surface area contributed by atoms with Gasteiger partial charge in [-0.25, -0.2) is 9.97 Å². The molecule has 0 bridgehead atoms. The van der Waals surface area contributed by atoms with Gasteiger partial charge in [0.1, 0.15) is 11.6 Å². The van der Waals surface area contributed by atoms with E-state index in [9.17, 15) is 0 Å². The molecule has 1 saturated carbocycles. The summed E-state index contributed by atoms with van der Waals surface area (Å²) >= 11 is 0. The summed E-state index contributed by atoms with van der Waals surface area (Å²) in [4.78, 5) is 8.76. The molecule has 0 unspecified atom stereocenters. The molecule has 0 spiro atoms. The third-order valence-corrected chi connectivity index (χ3v) is 3.26. The first kappa shape index (κ1) is 11.4. The van der Waals surface area contributed by atoms with Gasteiger partial charge < -0.3 is 5.32 Å². The van der Waals surface area contributed by atoms with E-state index < -0.39 is 0 Å². The van der Waals surface area contributed by atoms with Crippen LogP contribution in [0.3, 0.4) is 0 Å². The van der Waals surface area contributed by atoms with Gasteiger partial charge in [0.05, 0.1) is 0 Å². The predicted octanol–water partition coefficient (Wildman–Crippen LogP) is 2.08. The molecule has 1 aliphatic rings. The molecule has 2 aromatic rings. The maximum absolute atomic E-state index is 4.43. The molecule has 94 valence electrons. The van der Waals surface area contributed by atoms with Crippen molar-refractivity contribution in [2.75, 3.05) is 0 Å². The van der Waals surface area contributed by atoms with E-state index in [-0.39, 0.29) is 0 Å². The smallest absolute Gasteiger partial charge is 0.138 e. The Morgan fingerprint density at radius 3 is 3.00 bits per heavy atom. The highest BCUT2D eigenvalue weighted by atomic mass is 15.1. The van der Waals surface area contributed by atoms with Crippen LogP contribution in [0.5, 0.6) is 0 Å². The highest BCUT2D eigenvalue weighted by molar-refractivity contribution is 5.29. The van der Waals surface area contributed by atoms with Gasteiger partial charge in [-0.15, -0.1) is 0 Å². The molecule has 1 fully saturated rings. The molecule has 0 aromatic carbocycles. The van der Waals surface area contributed by atoms with E-state index in [1.807, 2.05) is 18.6 Å². The normalized spacial score (nSPS) is 14.9. The van der Waals surface area contributed by atoms with Crippen molar-refractivity contribution >= 4 is 0 Å². The largest absolute Gasteiger partial charge is 0.310 e. The van der Waals surface area contributed by atoms with Crippen molar-refractivity contribution in [3.05, 3.63) is 42.1 Å². The van der Waals surface area contributed by atoms with Gasteiger partial charge in [-0.05, 0) is 30.5 Å². The molecular weight excluding hydrogens is 224 g/mol. The van der Waals surface area contributed by atoms with Gasteiger partial charge >= 0.3 is 0 Å². The average molecular weight is 242 g/mol. The van der Waals surface area contributed by atoms with Crippen LogP contribution >= 0.6 is 0 Å². The van der Waals surface area contributed by atoms with E-state index in [1.54, 1.807) is 0 Å². The van der Waals surface area contributed by atoms with E-state index in [0.29, 0.717) is 0 Å². The Kier molecular flexibility index (Phi) is 3.11. The summed E-state index contributed by atoms with van der Waals surface area (Å²) in [6.07, 6.45) is 9.23. The van der Waals surface area contributed by atoms with Crippen LogP contribution in [0, 0.1) is 0 Å². The minimum absolute atomic E-state index is 0.737. The summed E-state index contributed by atoms with van der Waals surface area (Å²) in [6.45, 7) is 3.04. The zero-order valence-electron chi connectivity index (χ0n) is 10.6. The van der Waals surface area contributed by atoms with Gasteiger partial charge in [0.2, 0.25) is 0 Å². The SMILES string of the molecule is CCc1nccn1-c1cc(CNC2CC2)ccn1. The fourth-order valence-electron chi connectivity index (χ4n) is 2.06. The lowest BCUT2D eigenvalue weighted by atomic mass is 10.2. The van der Waals surface area contributed by atoms with Crippen LogP contribution in [-0.4, -0.2) is 20.6 Å². The molecule has 0 atom stereocenters. The molecule has 4 heteroatoms. The fourth-order valence-corrected chi connectivity index (χ4v) is 2.06. The van der Waals surface area contributed by atoms with Crippen molar-refractivity contribution in [2.45, 2.75) is 38.8 Å². The van der Waals surface area contributed by atoms with Crippen LogP contribution < -0.4 is 5.32 Å². The summed E-state index contributed by atoms with van der Waals surface area (Å²) in [7, 11) is 0. The molecule has 0 saturated heterocycles. The van der Waals surface area contributed by atoms with Crippen LogP contribution in [0.1, 0.15) is 31.2 Å². The first-order valence-corrected chi connectivity index (χ1v) is 6.57. The van der Waals surface area contributed by atoms with Gasteiger partial charge in [-0.1, -0.05) is 6.92 Å². The lowest BCUT2D eigenvalue weighted by Crippen LogP contribution is -2.15. The second-order valence-corrected chi connectivity index (χ2v) is 4.74. The molecule has 18 heavy (non-hydrogen) atoms. The first-order chi connectivity index (χ1) is 8.86. The Labute approximate surface area is 107 Å². The predicted molar refractivity (Wildman–Crippen MR) is 70.6 cm³/mol. The van der Waals surface area contributed by atoms with Crippen LogP contribution in [0.2, 0.25) is 0 Å². The highest BCUT2D eigenvalue weighted by Crippen LogP contribution is 2.19. The standard InChI is InChI=1S/C14H18N4/c1-2-13-16-7-8-18(13)14-9-11(5-6-15-14)10-17-12-3-4-12/h5-9,12,17H,2-4,10H2,1H3. The average Bonchev–Trinajstić information content (AvgIpc) is 3.12. The van der Waals surface area contributed by atoms with E-state index in [0.717, 1.165) is 30.6 Å². The second-order valence-electron chi connectivity index (χ2n) is 4.74. The van der Waals surface area contributed by atoms with Crippen LogP contribution in [0.15, 0.2) is 30.7 Å². The van der Waals surface area contributed by atoms with Gasteiger partial charge in [0, 0.05) is 37.6 Å². The lowest BCUT2D eigenvalue weighted by molar-refractivity contribution is 0.686. The fraction of sp³-hybridized carbons (Fsp3) is 0.429. The number of hydrogen-bond donors (Lipinski definition) is 1. The number of pyridine rings is 1. The Hall–Kier alpha value is -1.68. The number of nitrogens with one attached hydrogen (secondary N) is 1. The third-order valence-electron chi connectivity index (χ3n) is 3.26. The summed E-state index contributed by atoms with van der Waals surface area (Å²) < 4.78 is 2.06. The van der Waals surface area contributed by atoms with Crippen molar-refractivity contribution in [1.82, 2.24) is 19.9 Å². The summed E-state index contributed by atoms with van der Waals surface area (Å²) in [5.41, 5.74) is 1.28. The van der Waals surface area contributed by atoms with E-state index >= 15 is 0 Å². The quantitative estimate of drug-likeness (QED) is 0.873. The maximum atomic E-state index is 4.43. The van der Waals surface area contributed by atoms with E-state index in [4.69, 9.17) is 0 Å². The Bertz CT molecular complexity index is 528. The minimum Gasteiger partial charge on any atom is -0.310 e. The molecule has 4 nitrogen and oxygen atoms in total. The molecular formula is C14H18N4. The minimum atomic E-state index is 0.737. The zero-order valence-corrected chi connectivity index (χ0v) is 10.6. The van der Waals surface area contributed by atoms with E-state index in [1.165, 1.54) is 18.4 Å². The molecule has 3 rings (SSSR count). The molecule has 2 aromatic heterocycles. The molecule has 0 amide bonds. The van der Waals surface area contributed by atoms with Crippen molar-refractivity contribution in [3.63, 3.8) is 0 Å². The number of imidazole rings is 1. The summed E-state index contributed by atoms with van der Waals surface area (Å²) in [5.74, 6) is 2.01. The lowest BCUT2D eigenvalue weighted by Gasteiger charge is -2.08. The van der Waals surface area contributed by atoms with E-state index in [2.05, 4.69) is 38.9 Å². The van der Waals surface area contributed by atoms with Crippen LogP contribution in [0.25, 0.3) is 5.82 Å². The topological polar surface area (TPSA) is 42.7 Å². The molecule has 0 radical (unpaired) electrons. The van der Waals surface area contributed by atoms with Gasteiger partial charge in [-0.3, -0.25) is 4.57 Å². The zero-order chi connectivity index (χ0) is 12.4. The van der Waals surface area contributed by atoms with Gasteiger partial charge in [-0.2, -0.15) is 0 Å². The molecule has 1 aliphatic carbocycles. The summed E-state index contributed by atoms with van der Waals surface area (Å²) in [6, 6.07) is 4.94. The molecule has 0 aliphatic heterocycles. The second kappa shape index (κ2) is 4.90. The maximum Gasteiger partial charge on any atom is 0.138 e. The number of nitrogens with zero attached hydrogens (tertiary/aromatic N) is 3. The highest BCUT2D eigenvalue weighted by Gasteiger charge is 2.19. The van der Waals surface area contributed by atoms with Crippen LogP contribution in [0.4, 0.5) is 0 Å². The number of rotatable bonds is 5. The summed E-state index contributed by atoms with van der Waals surface area (Å²) in [5, 5.41) is 3.52. The van der Waals surface area contributed by atoms with Gasteiger partial charge in [0.25, 0.3) is 0 Å². The van der Waals surface area contributed by atoms with Crippen molar-refractivity contribution in [1.29, 1.82) is 0 Å². The van der Waals surface area contributed by atoms with Gasteiger partial charge in [0.15, 0.2) is 0 Å². The Morgan fingerprint density at radius 2 is 2.22 bits per heavy atom. The Morgan fingerprint density at radius 1 is 1.33 bits per heavy atom. The first-order valence-electron chi connectivity index (χ1n) is 6.57. The molecule has 2 heterocycles.